The van der Waals surface area contributed by atoms with E-state index in [0.717, 1.165) is 51.4 Å². The average molecular weight is 764 g/mol. The Balaban J connectivity index is 2.23. The molecular weight excluding hydrogens is 689 g/mol. The molecule has 0 amide bonds. The first kappa shape index (κ1) is 48.9. The van der Waals surface area contributed by atoms with Gasteiger partial charge in [0.05, 0.1) is 25.9 Å². The van der Waals surface area contributed by atoms with E-state index in [1.54, 1.807) is 0 Å². The number of unbranched alkanes of at least 4 members (excludes halogenated alkanes) is 12. The van der Waals surface area contributed by atoms with Crippen LogP contribution in [0.25, 0.3) is 0 Å². The van der Waals surface area contributed by atoms with E-state index in [4.69, 9.17) is 29.0 Å². The second kappa shape index (κ2) is 35.6. The molecule has 0 aromatic carbocycles. The molecule has 1 saturated heterocycles. The Labute approximate surface area is 322 Å². The van der Waals surface area contributed by atoms with E-state index >= 15 is 0 Å². The average Bonchev–Trinajstić information content (AvgIpc) is 3.90. The molecule has 0 radical (unpaired) electrons. The van der Waals surface area contributed by atoms with E-state index in [0.29, 0.717) is 13.0 Å². The van der Waals surface area contributed by atoms with Gasteiger partial charge in [-0.2, -0.15) is 0 Å². The van der Waals surface area contributed by atoms with Gasteiger partial charge in [0, 0.05) is 19.6 Å². The van der Waals surface area contributed by atoms with Gasteiger partial charge in [0.2, 0.25) is 0 Å². The molecule has 4 unspecified atom stereocenters. The molecule has 304 valence electrons. The summed E-state index contributed by atoms with van der Waals surface area (Å²) in [5.41, 5.74) is 5.36. The van der Waals surface area contributed by atoms with Crippen molar-refractivity contribution in [3.63, 3.8) is 0 Å². The molecule has 1 aliphatic rings. The Morgan fingerprint density at radius 1 is 0.736 bits per heavy atom. The van der Waals surface area contributed by atoms with Gasteiger partial charge < -0.3 is 24.8 Å². The summed E-state index contributed by atoms with van der Waals surface area (Å²) in [6, 6.07) is 0. The highest BCUT2D eigenvalue weighted by atomic mass is 31.2. The molecule has 0 aliphatic carbocycles. The van der Waals surface area contributed by atoms with Gasteiger partial charge in [0.25, 0.3) is 0 Å². The van der Waals surface area contributed by atoms with Crippen LogP contribution in [0.5, 0.6) is 0 Å². The summed E-state index contributed by atoms with van der Waals surface area (Å²) in [5, 5.41) is 0. The fourth-order valence-electron chi connectivity index (χ4n) is 5.49. The lowest BCUT2D eigenvalue weighted by atomic mass is 10.1. The number of ether oxygens (including phenoxy) is 3. The summed E-state index contributed by atoms with van der Waals surface area (Å²) in [5.74, 6) is -0.412. The van der Waals surface area contributed by atoms with E-state index < -0.39 is 19.9 Å². The number of carbonyl (C=O) groups excluding carboxylic acids is 1. The summed E-state index contributed by atoms with van der Waals surface area (Å²) in [4.78, 5) is 22.5. The molecule has 10 heteroatoms. The van der Waals surface area contributed by atoms with Crippen molar-refractivity contribution in [2.75, 3.05) is 33.0 Å². The highest BCUT2D eigenvalue weighted by Gasteiger charge is 2.35. The maximum absolute atomic E-state index is 12.6. The smallest absolute Gasteiger partial charge is 0.457 e. The Morgan fingerprint density at radius 2 is 1.38 bits per heavy atom. The molecule has 1 fully saturated rings. The predicted molar refractivity (Wildman–Crippen MR) is 219 cm³/mol. The largest absolute Gasteiger partial charge is 0.472 e. The Morgan fingerprint density at radius 3 is 2.08 bits per heavy atom. The standard InChI is InChI=1S/C43H74NO8P/c1-3-5-7-9-11-13-15-17-18-19-20-22-24-26-28-30-36-48-38-40(39-50-53(46,47)49-37-35-44)51-43(45)34-31-33-42-41(52-42)32-29-27-25-23-21-16-14-12-10-8-6-4-2/h6,8,12,14,17-18,21,23,25,27,29,32,40-42H,3-5,7,9-11,13,15-16,19-20,22,24,26,28,30-31,33-39,44H2,1-2H3,(H,46,47)/b8-6-,14-12-,18-17-,23-21-,27-25+,32-29+. The van der Waals surface area contributed by atoms with Crippen molar-refractivity contribution in [1.29, 1.82) is 0 Å². The van der Waals surface area contributed by atoms with Gasteiger partial charge in [-0.05, 0) is 64.2 Å². The quantitative estimate of drug-likeness (QED) is 0.0159. The molecule has 9 nitrogen and oxygen atoms in total. The number of rotatable bonds is 37. The number of phosphoric acid groups is 1. The summed E-state index contributed by atoms with van der Waals surface area (Å²) >= 11 is 0. The van der Waals surface area contributed by atoms with E-state index in [9.17, 15) is 14.3 Å². The lowest BCUT2D eigenvalue weighted by Gasteiger charge is -2.20. The Hall–Kier alpha value is -2.10. The third-order valence-electron chi connectivity index (χ3n) is 8.57. The molecule has 4 atom stereocenters. The number of hydrogen-bond donors (Lipinski definition) is 2. The molecule has 0 saturated carbocycles. The number of epoxide rings is 1. The highest BCUT2D eigenvalue weighted by Crippen LogP contribution is 2.43. The first-order valence-electron chi connectivity index (χ1n) is 20.6. The van der Waals surface area contributed by atoms with Gasteiger partial charge >= 0.3 is 13.8 Å². The maximum atomic E-state index is 12.6. The van der Waals surface area contributed by atoms with Crippen LogP contribution in [0.15, 0.2) is 72.9 Å². The molecule has 0 spiro atoms. The van der Waals surface area contributed by atoms with Crippen molar-refractivity contribution in [1.82, 2.24) is 0 Å². The number of phosphoric ester groups is 1. The van der Waals surface area contributed by atoms with E-state index in [-0.39, 0.29) is 45.0 Å². The first-order valence-corrected chi connectivity index (χ1v) is 22.1. The van der Waals surface area contributed by atoms with Crippen molar-refractivity contribution in [3.05, 3.63) is 72.9 Å². The fourth-order valence-corrected chi connectivity index (χ4v) is 6.25. The molecule has 53 heavy (non-hydrogen) atoms. The van der Waals surface area contributed by atoms with Gasteiger partial charge in [-0.25, -0.2) is 4.57 Å². The number of carbonyl (C=O) groups is 1. The maximum Gasteiger partial charge on any atom is 0.472 e. The van der Waals surface area contributed by atoms with Crippen molar-refractivity contribution in [2.45, 2.75) is 161 Å². The predicted octanol–water partition coefficient (Wildman–Crippen LogP) is 11.0. The van der Waals surface area contributed by atoms with Gasteiger partial charge in [-0.3, -0.25) is 13.8 Å². The summed E-state index contributed by atoms with van der Waals surface area (Å²) in [6.07, 6.45) is 46.6. The number of nitrogens with two attached hydrogens (primary N) is 1. The van der Waals surface area contributed by atoms with Gasteiger partial charge in [0.15, 0.2) is 0 Å². The zero-order chi connectivity index (χ0) is 38.5. The number of allylic oxidation sites excluding steroid dienone is 11. The minimum atomic E-state index is -4.31. The zero-order valence-electron chi connectivity index (χ0n) is 33.2. The normalized spacial score (nSPS) is 18.1. The molecule has 0 aromatic heterocycles. The second-order valence-corrected chi connectivity index (χ2v) is 15.0. The molecule has 1 heterocycles. The molecular formula is C43H74NO8P. The highest BCUT2D eigenvalue weighted by molar-refractivity contribution is 7.47. The molecule has 3 N–H and O–H groups in total. The van der Waals surface area contributed by atoms with E-state index in [2.05, 4.69) is 56.4 Å². The monoisotopic (exact) mass is 764 g/mol. The van der Waals surface area contributed by atoms with E-state index in [1.807, 2.05) is 30.4 Å². The SMILES string of the molecule is CC/C=C\C/C=C\C\C=C/C=C/C=C/C1OC1CCCC(=O)OC(COCCCCCCCC/C=C\CCCCCCCC)COP(=O)(O)OCCN. The van der Waals surface area contributed by atoms with Gasteiger partial charge in [-0.1, -0.05) is 145 Å². The first-order chi connectivity index (χ1) is 25.9. The topological polar surface area (TPSA) is 130 Å². The van der Waals surface area contributed by atoms with Crippen LogP contribution in [0.3, 0.4) is 0 Å². The fraction of sp³-hybridized carbons (Fsp3) is 0.698. The van der Waals surface area contributed by atoms with Gasteiger partial charge in [-0.15, -0.1) is 0 Å². The number of hydrogen-bond acceptors (Lipinski definition) is 8. The van der Waals surface area contributed by atoms with Crippen LogP contribution < -0.4 is 5.73 Å². The van der Waals surface area contributed by atoms with Gasteiger partial charge in [0.1, 0.15) is 12.2 Å². The van der Waals surface area contributed by atoms with Crippen LogP contribution in [-0.2, 0) is 32.6 Å². The van der Waals surface area contributed by atoms with E-state index in [1.165, 1.54) is 64.2 Å². The van der Waals surface area contributed by atoms with Crippen molar-refractivity contribution in [2.24, 2.45) is 5.73 Å². The second-order valence-electron chi connectivity index (χ2n) is 13.6. The van der Waals surface area contributed by atoms with Crippen LogP contribution in [0.1, 0.15) is 142 Å². The Kier molecular flexibility index (Phi) is 32.9. The minimum Gasteiger partial charge on any atom is -0.457 e. The lowest BCUT2D eigenvalue weighted by Crippen LogP contribution is -2.28. The molecule has 0 bridgehead atoms. The zero-order valence-corrected chi connectivity index (χ0v) is 34.1. The summed E-state index contributed by atoms with van der Waals surface area (Å²) in [6.45, 7) is 4.63. The van der Waals surface area contributed by atoms with Crippen molar-refractivity contribution in [3.8, 4) is 0 Å². The molecule has 1 aliphatic heterocycles. The third kappa shape index (κ3) is 33.0. The summed E-state index contributed by atoms with van der Waals surface area (Å²) < 4.78 is 39.1. The van der Waals surface area contributed by atoms with Crippen LogP contribution in [0.2, 0.25) is 0 Å². The van der Waals surface area contributed by atoms with Crippen molar-refractivity contribution >= 4 is 13.8 Å². The third-order valence-corrected chi connectivity index (χ3v) is 9.56. The van der Waals surface area contributed by atoms with Crippen LogP contribution in [0.4, 0.5) is 0 Å². The van der Waals surface area contributed by atoms with Crippen molar-refractivity contribution < 1.29 is 37.5 Å². The van der Waals surface area contributed by atoms with Crippen LogP contribution >= 0.6 is 7.82 Å². The van der Waals surface area contributed by atoms with Crippen LogP contribution in [0, 0.1) is 0 Å². The Bertz CT molecular complexity index is 1100. The molecule has 1 rings (SSSR count). The lowest BCUT2D eigenvalue weighted by molar-refractivity contribution is -0.154. The summed E-state index contributed by atoms with van der Waals surface area (Å²) in [7, 11) is -4.31. The van der Waals surface area contributed by atoms with Crippen LogP contribution in [-0.4, -0.2) is 62.1 Å². The minimum absolute atomic E-state index is 0.0576. The number of esters is 1. The molecule has 0 aromatic rings.